The molecule has 2 saturated heterocycles. The van der Waals surface area contributed by atoms with Crippen molar-refractivity contribution in [2.45, 2.75) is 58.5 Å². The topological polar surface area (TPSA) is 42.9 Å². The van der Waals surface area contributed by atoms with E-state index in [2.05, 4.69) is 34.4 Å². The molecule has 0 aromatic rings. The van der Waals surface area contributed by atoms with E-state index >= 15 is 0 Å². The average molecular weight is 420 g/mol. The maximum Gasteiger partial charge on any atom is 0.401 e. The van der Waals surface area contributed by atoms with Gasteiger partial charge in [-0.15, -0.1) is 0 Å². The Labute approximate surface area is 174 Å². The highest BCUT2D eigenvalue weighted by Gasteiger charge is 2.32. The number of hydrogen-bond acceptors (Lipinski definition) is 3. The smallest absolute Gasteiger partial charge is 0.357 e. The minimum Gasteiger partial charge on any atom is -0.357 e. The van der Waals surface area contributed by atoms with Crippen LogP contribution >= 0.6 is 0 Å². The molecule has 0 bridgehead atoms. The molecule has 0 aliphatic carbocycles. The lowest BCUT2D eigenvalue weighted by molar-refractivity contribution is -0.148. The molecule has 0 unspecified atom stereocenters. The van der Waals surface area contributed by atoms with Crippen LogP contribution in [0.5, 0.6) is 0 Å². The summed E-state index contributed by atoms with van der Waals surface area (Å²) in [6.07, 6.45) is 2.30. The van der Waals surface area contributed by atoms with E-state index in [-0.39, 0.29) is 0 Å². The molecule has 0 amide bonds. The fourth-order valence-corrected chi connectivity index (χ4v) is 4.37. The fraction of sp³-hybridized carbons (Fsp3) is 0.952. The van der Waals surface area contributed by atoms with Crippen molar-refractivity contribution in [1.82, 2.24) is 20.4 Å². The average Bonchev–Trinajstić information content (AvgIpc) is 2.69. The molecule has 0 aromatic carbocycles. The Kier molecular flexibility index (Phi) is 10.6. The molecule has 29 heavy (non-hydrogen) atoms. The first kappa shape index (κ1) is 24.3. The van der Waals surface area contributed by atoms with Crippen molar-refractivity contribution in [3.8, 4) is 0 Å². The summed E-state index contributed by atoms with van der Waals surface area (Å²) in [6, 6.07) is 0. The predicted octanol–water partition coefficient (Wildman–Crippen LogP) is 3.33. The summed E-state index contributed by atoms with van der Waals surface area (Å²) in [6.45, 7) is 10.7. The number of halogens is 3. The zero-order valence-corrected chi connectivity index (χ0v) is 18.2. The minimum atomic E-state index is -4.09. The van der Waals surface area contributed by atoms with Crippen molar-refractivity contribution in [2.75, 3.05) is 58.9 Å². The first-order valence-corrected chi connectivity index (χ1v) is 11.4. The lowest BCUT2D eigenvalue weighted by Crippen LogP contribution is -2.40. The maximum absolute atomic E-state index is 12.5. The monoisotopic (exact) mass is 419 g/mol. The summed E-state index contributed by atoms with van der Waals surface area (Å²) in [5.41, 5.74) is 0. The van der Waals surface area contributed by atoms with Gasteiger partial charge in [-0.25, -0.2) is 0 Å². The molecule has 0 saturated carbocycles. The highest BCUT2D eigenvalue weighted by atomic mass is 19.4. The number of rotatable bonds is 9. The van der Waals surface area contributed by atoms with E-state index in [1.165, 1.54) is 37.3 Å². The Morgan fingerprint density at radius 2 is 1.48 bits per heavy atom. The number of nitrogens with one attached hydrogen (secondary N) is 2. The SMILES string of the molecule is CCNC(=NCCC1CCN(CC(F)(F)F)CC1)NCCC1CCN(CC)CC1. The van der Waals surface area contributed by atoms with Crippen molar-refractivity contribution in [3.63, 3.8) is 0 Å². The van der Waals surface area contributed by atoms with E-state index in [1.54, 1.807) is 0 Å². The first-order valence-electron chi connectivity index (χ1n) is 11.4. The molecule has 0 spiro atoms. The fourth-order valence-electron chi connectivity index (χ4n) is 4.37. The lowest BCUT2D eigenvalue weighted by atomic mass is 9.93. The number of likely N-dealkylation sites (tertiary alicyclic amines) is 2. The van der Waals surface area contributed by atoms with Crippen molar-refractivity contribution in [1.29, 1.82) is 0 Å². The molecule has 5 nitrogen and oxygen atoms in total. The Morgan fingerprint density at radius 3 is 2.03 bits per heavy atom. The third-order valence-electron chi connectivity index (χ3n) is 6.26. The Morgan fingerprint density at radius 1 is 0.897 bits per heavy atom. The van der Waals surface area contributed by atoms with E-state index in [9.17, 15) is 13.2 Å². The van der Waals surface area contributed by atoms with E-state index in [4.69, 9.17) is 0 Å². The quantitative estimate of drug-likeness (QED) is 0.444. The molecular formula is C21H40F3N5. The van der Waals surface area contributed by atoms with Crippen molar-refractivity contribution < 1.29 is 13.2 Å². The van der Waals surface area contributed by atoms with Crippen LogP contribution in [0.25, 0.3) is 0 Å². The molecule has 170 valence electrons. The third-order valence-corrected chi connectivity index (χ3v) is 6.26. The van der Waals surface area contributed by atoms with Gasteiger partial charge in [0.25, 0.3) is 0 Å². The van der Waals surface area contributed by atoms with Crippen LogP contribution in [0.1, 0.15) is 52.4 Å². The van der Waals surface area contributed by atoms with Crippen LogP contribution in [-0.2, 0) is 0 Å². The Hall–Kier alpha value is -1.02. The van der Waals surface area contributed by atoms with Crippen LogP contribution in [0.3, 0.4) is 0 Å². The van der Waals surface area contributed by atoms with Gasteiger partial charge in [-0.05, 0) is 90.0 Å². The van der Waals surface area contributed by atoms with Gasteiger partial charge in [0.2, 0.25) is 0 Å². The van der Waals surface area contributed by atoms with Crippen LogP contribution in [0.2, 0.25) is 0 Å². The number of piperidine rings is 2. The number of nitrogens with zero attached hydrogens (tertiary/aromatic N) is 3. The van der Waals surface area contributed by atoms with Crippen molar-refractivity contribution in [3.05, 3.63) is 0 Å². The summed E-state index contributed by atoms with van der Waals surface area (Å²) in [5, 5.41) is 6.76. The summed E-state index contributed by atoms with van der Waals surface area (Å²) in [5.74, 6) is 2.15. The predicted molar refractivity (Wildman–Crippen MR) is 113 cm³/mol. The number of aliphatic imine (C=N–C) groups is 1. The first-order chi connectivity index (χ1) is 13.9. The minimum absolute atomic E-state index is 0.481. The van der Waals surface area contributed by atoms with Gasteiger partial charge in [0.05, 0.1) is 6.54 Å². The number of hydrogen-bond donors (Lipinski definition) is 2. The summed E-state index contributed by atoms with van der Waals surface area (Å²) >= 11 is 0. The zero-order valence-electron chi connectivity index (χ0n) is 18.2. The van der Waals surface area contributed by atoms with E-state index in [0.717, 1.165) is 57.3 Å². The summed E-state index contributed by atoms with van der Waals surface area (Å²) in [4.78, 5) is 8.73. The van der Waals surface area contributed by atoms with Gasteiger partial charge in [-0.3, -0.25) is 9.89 Å². The summed E-state index contributed by atoms with van der Waals surface area (Å²) in [7, 11) is 0. The second-order valence-corrected chi connectivity index (χ2v) is 8.48. The molecule has 2 aliphatic heterocycles. The van der Waals surface area contributed by atoms with Gasteiger partial charge < -0.3 is 15.5 Å². The van der Waals surface area contributed by atoms with Crippen LogP contribution in [0, 0.1) is 11.8 Å². The Balaban J connectivity index is 1.62. The van der Waals surface area contributed by atoms with Crippen LogP contribution < -0.4 is 10.6 Å². The van der Waals surface area contributed by atoms with Crippen LogP contribution in [-0.4, -0.2) is 80.8 Å². The zero-order chi connectivity index (χ0) is 21.1. The molecule has 0 aromatic heterocycles. The molecule has 0 radical (unpaired) electrons. The molecule has 2 fully saturated rings. The highest BCUT2D eigenvalue weighted by Crippen LogP contribution is 2.24. The van der Waals surface area contributed by atoms with Gasteiger partial charge in [-0.2, -0.15) is 13.2 Å². The van der Waals surface area contributed by atoms with Gasteiger partial charge in [0.15, 0.2) is 5.96 Å². The van der Waals surface area contributed by atoms with Gasteiger partial charge in [-0.1, -0.05) is 6.92 Å². The number of guanidine groups is 1. The normalized spacial score (nSPS) is 21.5. The second-order valence-electron chi connectivity index (χ2n) is 8.48. The lowest BCUT2D eigenvalue weighted by Gasteiger charge is -2.32. The molecule has 2 heterocycles. The van der Waals surface area contributed by atoms with Gasteiger partial charge >= 0.3 is 6.18 Å². The van der Waals surface area contributed by atoms with E-state index < -0.39 is 12.7 Å². The van der Waals surface area contributed by atoms with Crippen LogP contribution in [0.15, 0.2) is 4.99 Å². The highest BCUT2D eigenvalue weighted by molar-refractivity contribution is 5.79. The van der Waals surface area contributed by atoms with E-state index in [1.807, 2.05) is 0 Å². The molecular weight excluding hydrogens is 379 g/mol. The maximum atomic E-state index is 12.5. The number of alkyl halides is 3. The molecule has 2 N–H and O–H groups in total. The standard InChI is InChI=1S/C21H40F3N5/c1-3-25-20(26-11-5-18-7-13-28(4-2)14-8-18)27-12-6-19-9-15-29(16-10-19)17-21(22,23)24/h18-19H,3-17H2,1-2H3,(H2,25,26,27). The Bertz CT molecular complexity index is 467. The van der Waals surface area contributed by atoms with Crippen LogP contribution in [0.4, 0.5) is 13.2 Å². The largest absolute Gasteiger partial charge is 0.401 e. The van der Waals surface area contributed by atoms with E-state index in [0.29, 0.717) is 19.0 Å². The van der Waals surface area contributed by atoms with Gasteiger partial charge in [0, 0.05) is 19.6 Å². The molecule has 2 rings (SSSR count). The van der Waals surface area contributed by atoms with Gasteiger partial charge in [0.1, 0.15) is 0 Å². The third kappa shape index (κ3) is 10.0. The molecule has 8 heteroatoms. The molecule has 0 atom stereocenters. The molecule has 2 aliphatic rings. The van der Waals surface area contributed by atoms with Crippen molar-refractivity contribution >= 4 is 5.96 Å². The van der Waals surface area contributed by atoms with Crippen molar-refractivity contribution in [2.24, 2.45) is 16.8 Å². The second kappa shape index (κ2) is 12.6. The summed E-state index contributed by atoms with van der Waals surface area (Å²) < 4.78 is 37.4.